The van der Waals surface area contributed by atoms with Gasteiger partial charge in [0.05, 0.1) is 11.0 Å². The number of benzene rings is 1. The van der Waals surface area contributed by atoms with Crippen LogP contribution < -0.4 is 10.2 Å². The van der Waals surface area contributed by atoms with Gasteiger partial charge in [-0.15, -0.1) is 0 Å². The van der Waals surface area contributed by atoms with Crippen molar-refractivity contribution in [3.05, 3.63) is 24.3 Å². The molecule has 2 unspecified atom stereocenters. The predicted molar refractivity (Wildman–Crippen MR) is 132 cm³/mol. The second-order valence-corrected chi connectivity index (χ2v) is 11.3. The predicted octanol–water partition coefficient (Wildman–Crippen LogP) is 5.12. The lowest BCUT2D eigenvalue weighted by atomic mass is 9.82. The highest BCUT2D eigenvalue weighted by molar-refractivity contribution is 5.79. The van der Waals surface area contributed by atoms with Gasteiger partial charge >= 0.3 is 0 Å². The van der Waals surface area contributed by atoms with E-state index in [1.165, 1.54) is 101 Å². The van der Waals surface area contributed by atoms with E-state index in [4.69, 9.17) is 4.98 Å². The van der Waals surface area contributed by atoms with Crippen LogP contribution in [0.15, 0.2) is 24.3 Å². The highest BCUT2D eigenvalue weighted by Gasteiger charge is 2.38. The molecule has 2 aromatic rings. The van der Waals surface area contributed by atoms with E-state index in [9.17, 15) is 0 Å². The fourth-order valence-electron chi connectivity index (χ4n) is 7.22. The van der Waals surface area contributed by atoms with Gasteiger partial charge in [-0.2, -0.15) is 0 Å². The largest absolute Gasteiger partial charge is 0.339 e. The maximum absolute atomic E-state index is 5.20. The quantitative estimate of drug-likeness (QED) is 0.726. The third-order valence-electron chi connectivity index (χ3n) is 9.10. The van der Waals surface area contributed by atoms with Gasteiger partial charge in [0.25, 0.3) is 0 Å². The number of anilines is 1. The van der Waals surface area contributed by atoms with E-state index in [0.717, 1.165) is 13.1 Å². The van der Waals surface area contributed by atoms with Gasteiger partial charge in [-0.1, -0.05) is 44.2 Å². The van der Waals surface area contributed by atoms with Crippen LogP contribution in [0.4, 0.5) is 5.95 Å². The lowest BCUT2D eigenvalue weighted by Crippen LogP contribution is -2.52. The van der Waals surface area contributed by atoms with Crippen molar-refractivity contribution in [3.8, 4) is 0 Å². The van der Waals surface area contributed by atoms with Gasteiger partial charge in [0.1, 0.15) is 0 Å². The number of imidazole rings is 1. The molecule has 1 aromatic heterocycles. The molecule has 5 nitrogen and oxygen atoms in total. The van der Waals surface area contributed by atoms with Gasteiger partial charge in [0, 0.05) is 49.8 Å². The average Bonchev–Trinajstić information content (AvgIpc) is 3.36. The first-order chi connectivity index (χ1) is 15.7. The number of likely N-dealkylation sites (tertiary alicyclic amines) is 1. The number of nitrogens with one attached hydrogen (secondary N) is 1. The molecule has 4 heterocycles. The lowest BCUT2D eigenvalue weighted by molar-refractivity contribution is 0.0442. The molecule has 32 heavy (non-hydrogen) atoms. The number of hydrogen-bond acceptors (Lipinski definition) is 4. The van der Waals surface area contributed by atoms with Crippen LogP contribution in [-0.2, 0) is 0 Å². The Kier molecular flexibility index (Phi) is 5.67. The number of rotatable bonds is 3. The van der Waals surface area contributed by atoms with Gasteiger partial charge in [-0.05, 0) is 57.6 Å². The van der Waals surface area contributed by atoms with Gasteiger partial charge in [0.2, 0.25) is 5.95 Å². The zero-order chi connectivity index (χ0) is 21.5. The molecule has 5 heteroatoms. The van der Waals surface area contributed by atoms with Crippen LogP contribution in [0, 0.1) is 0 Å². The summed E-state index contributed by atoms with van der Waals surface area (Å²) in [6.45, 7) is 7.25. The molecule has 1 N–H and O–H groups in total. The molecule has 6 rings (SSSR count). The summed E-state index contributed by atoms with van der Waals surface area (Å²) in [6.07, 6.45) is 15.1. The zero-order valence-corrected chi connectivity index (χ0v) is 19.9. The normalized spacial score (nSPS) is 29.8. The molecule has 174 valence electrons. The minimum atomic E-state index is 0.420. The number of piperazine rings is 1. The first kappa shape index (κ1) is 21.0. The van der Waals surface area contributed by atoms with E-state index < -0.39 is 0 Å². The molecule has 1 aliphatic carbocycles. The SMILES string of the molecule is CC1(N2CCC(n3c(N4CC5CCC(C4)N5)nc4ccccc43)CC2)CCCCCCC1. The Balaban J connectivity index is 1.24. The highest BCUT2D eigenvalue weighted by Crippen LogP contribution is 2.38. The molecule has 3 aliphatic heterocycles. The van der Waals surface area contributed by atoms with Crippen molar-refractivity contribution in [2.24, 2.45) is 0 Å². The number of piperidine rings is 1. The summed E-state index contributed by atoms with van der Waals surface area (Å²) >= 11 is 0. The van der Waals surface area contributed by atoms with Gasteiger partial charge in [-0.3, -0.25) is 4.90 Å². The number of fused-ring (bicyclic) bond motifs is 3. The van der Waals surface area contributed by atoms with Crippen LogP contribution in [-0.4, -0.2) is 58.3 Å². The molecule has 0 radical (unpaired) electrons. The Morgan fingerprint density at radius 2 is 1.53 bits per heavy atom. The zero-order valence-electron chi connectivity index (χ0n) is 19.9. The molecule has 2 atom stereocenters. The molecule has 4 aliphatic rings. The molecule has 4 fully saturated rings. The van der Waals surface area contributed by atoms with E-state index in [1.807, 2.05) is 0 Å². The summed E-state index contributed by atoms with van der Waals surface area (Å²) < 4.78 is 2.64. The van der Waals surface area contributed by atoms with Crippen LogP contribution in [0.25, 0.3) is 11.0 Å². The third kappa shape index (κ3) is 3.86. The maximum atomic E-state index is 5.20. The first-order valence-electron chi connectivity index (χ1n) is 13.4. The molecule has 1 saturated carbocycles. The molecular weight excluding hydrogens is 394 g/mol. The Hall–Kier alpha value is -1.59. The van der Waals surface area contributed by atoms with Crippen molar-refractivity contribution in [2.75, 3.05) is 31.1 Å². The van der Waals surface area contributed by atoms with Gasteiger partial charge in [0.15, 0.2) is 0 Å². The van der Waals surface area contributed by atoms with Crippen LogP contribution in [0.2, 0.25) is 0 Å². The molecule has 2 bridgehead atoms. The second-order valence-electron chi connectivity index (χ2n) is 11.3. The topological polar surface area (TPSA) is 36.3 Å². The first-order valence-corrected chi connectivity index (χ1v) is 13.4. The van der Waals surface area contributed by atoms with Crippen LogP contribution >= 0.6 is 0 Å². The van der Waals surface area contributed by atoms with Gasteiger partial charge in [-0.25, -0.2) is 4.98 Å². The maximum Gasteiger partial charge on any atom is 0.206 e. The molecule has 3 saturated heterocycles. The van der Waals surface area contributed by atoms with Crippen molar-refractivity contribution in [1.29, 1.82) is 0 Å². The summed E-state index contributed by atoms with van der Waals surface area (Å²) in [4.78, 5) is 10.7. The van der Waals surface area contributed by atoms with Crippen LogP contribution in [0.1, 0.15) is 83.6 Å². The smallest absolute Gasteiger partial charge is 0.206 e. The Labute approximate surface area is 193 Å². The monoisotopic (exact) mass is 435 g/mol. The van der Waals surface area contributed by atoms with E-state index in [0.29, 0.717) is 23.7 Å². The fourth-order valence-corrected chi connectivity index (χ4v) is 7.22. The van der Waals surface area contributed by atoms with Crippen molar-refractivity contribution in [2.45, 2.75) is 101 Å². The van der Waals surface area contributed by atoms with E-state index in [1.54, 1.807) is 0 Å². The van der Waals surface area contributed by atoms with E-state index >= 15 is 0 Å². The summed E-state index contributed by atoms with van der Waals surface area (Å²) in [6, 6.07) is 10.7. The molecular formula is C27H41N5. The van der Waals surface area contributed by atoms with Crippen LogP contribution in [0.5, 0.6) is 0 Å². The van der Waals surface area contributed by atoms with Crippen LogP contribution in [0.3, 0.4) is 0 Å². The fraction of sp³-hybridized carbons (Fsp3) is 0.741. The summed E-state index contributed by atoms with van der Waals surface area (Å²) in [5.74, 6) is 1.24. The summed E-state index contributed by atoms with van der Waals surface area (Å²) in [5, 5.41) is 3.79. The van der Waals surface area contributed by atoms with E-state index in [-0.39, 0.29) is 0 Å². The number of nitrogens with zero attached hydrogens (tertiary/aromatic N) is 4. The minimum Gasteiger partial charge on any atom is -0.339 e. The standard InChI is InChI=1S/C27H41N5/c1-27(15-7-3-2-4-8-16-27)31-17-13-23(14-18-31)32-25-10-6-5-9-24(25)29-26(32)30-19-21-11-12-22(20-30)28-21/h5-6,9-10,21-23,28H,2-4,7-8,11-20H2,1H3. The third-order valence-corrected chi connectivity index (χ3v) is 9.10. The number of para-hydroxylation sites is 2. The van der Waals surface area contributed by atoms with Crippen molar-refractivity contribution < 1.29 is 0 Å². The minimum absolute atomic E-state index is 0.420. The van der Waals surface area contributed by atoms with Crippen molar-refractivity contribution >= 4 is 17.0 Å². The number of aromatic nitrogens is 2. The van der Waals surface area contributed by atoms with Gasteiger partial charge < -0.3 is 14.8 Å². The number of hydrogen-bond donors (Lipinski definition) is 1. The second kappa shape index (κ2) is 8.64. The summed E-state index contributed by atoms with van der Waals surface area (Å²) in [5.41, 5.74) is 2.93. The molecule has 0 amide bonds. The Morgan fingerprint density at radius 1 is 0.875 bits per heavy atom. The Bertz CT molecular complexity index is 907. The summed E-state index contributed by atoms with van der Waals surface area (Å²) in [7, 11) is 0. The van der Waals surface area contributed by atoms with Crippen molar-refractivity contribution in [1.82, 2.24) is 19.8 Å². The lowest BCUT2D eigenvalue weighted by Gasteiger charge is -2.47. The van der Waals surface area contributed by atoms with E-state index in [2.05, 4.69) is 50.9 Å². The van der Waals surface area contributed by atoms with Crippen molar-refractivity contribution in [3.63, 3.8) is 0 Å². The molecule has 0 spiro atoms. The Morgan fingerprint density at radius 3 is 2.25 bits per heavy atom. The molecule has 1 aromatic carbocycles. The average molecular weight is 436 g/mol. The highest BCUT2D eigenvalue weighted by atomic mass is 15.4.